The van der Waals surface area contributed by atoms with Gasteiger partial charge in [-0.05, 0) is 68.5 Å². The Morgan fingerprint density at radius 2 is 1.87 bits per heavy atom. The van der Waals surface area contributed by atoms with Crippen LogP contribution in [0.1, 0.15) is 30.9 Å². The quantitative estimate of drug-likeness (QED) is 0.716. The summed E-state index contributed by atoms with van der Waals surface area (Å²) in [6, 6.07) is 15.1. The van der Waals surface area contributed by atoms with E-state index in [9.17, 15) is 9.59 Å². The number of carbonyl (C=O) groups is 2. The molecule has 1 N–H and O–H groups in total. The van der Waals surface area contributed by atoms with E-state index in [0.717, 1.165) is 23.3 Å². The molecule has 0 aromatic heterocycles. The number of likely N-dealkylation sites (tertiary alicyclic amines) is 1. The molecule has 6 heteroatoms. The molecule has 30 heavy (non-hydrogen) atoms. The van der Waals surface area contributed by atoms with Gasteiger partial charge in [0, 0.05) is 18.8 Å². The van der Waals surface area contributed by atoms with E-state index in [2.05, 4.69) is 5.32 Å². The van der Waals surface area contributed by atoms with Crippen LogP contribution in [0.15, 0.2) is 48.5 Å². The highest BCUT2D eigenvalue weighted by Gasteiger charge is 2.45. The average molecular weight is 411 g/mol. The lowest BCUT2D eigenvalue weighted by Gasteiger charge is -2.41. The van der Waals surface area contributed by atoms with E-state index in [1.54, 1.807) is 36.3 Å². The summed E-state index contributed by atoms with van der Waals surface area (Å²) in [5.41, 5.74) is 2.20. The number of amides is 2. The number of urea groups is 1. The number of anilines is 1. The molecule has 1 heterocycles. The third-order valence-corrected chi connectivity index (χ3v) is 5.70. The molecule has 0 spiro atoms. The second-order valence-corrected chi connectivity index (χ2v) is 7.79. The zero-order valence-corrected chi connectivity index (χ0v) is 17.9. The van der Waals surface area contributed by atoms with Crippen LogP contribution in [0, 0.1) is 12.3 Å². The topological polar surface area (TPSA) is 67.9 Å². The minimum atomic E-state index is -0.738. The minimum absolute atomic E-state index is 0.210. The van der Waals surface area contributed by atoms with Crippen LogP contribution >= 0.6 is 0 Å². The summed E-state index contributed by atoms with van der Waals surface area (Å²) in [6.07, 6.45) is 2.01. The molecule has 6 nitrogen and oxygen atoms in total. The second-order valence-electron chi connectivity index (χ2n) is 7.79. The van der Waals surface area contributed by atoms with Crippen molar-refractivity contribution in [1.82, 2.24) is 4.90 Å². The summed E-state index contributed by atoms with van der Waals surface area (Å²) in [7, 11) is 1.60. The van der Waals surface area contributed by atoms with Gasteiger partial charge in [-0.15, -0.1) is 0 Å². The normalized spacial score (nSPS) is 18.6. The standard InChI is InChI=1S/C24H30N2O4/c1-4-30-22(27)24(16-19-9-6-5-8-18(19)2)14-7-15-26(17-24)23(28)25-20-10-12-21(29-3)13-11-20/h5-6,8-13H,4,7,14-17H2,1-3H3,(H,25,28)/t24-/m1/s1. The van der Waals surface area contributed by atoms with Crippen molar-refractivity contribution in [1.29, 1.82) is 0 Å². The van der Waals surface area contributed by atoms with Crippen molar-refractivity contribution in [2.45, 2.75) is 33.1 Å². The molecule has 2 aromatic carbocycles. The first-order valence-corrected chi connectivity index (χ1v) is 10.4. The van der Waals surface area contributed by atoms with Gasteiger partial charge in [-0.2, -0.15) is 0 Å². The third kappa shape index (κ3) is 4.93. The van der Waals surface area contributed by atoms with E-state index >= 15 is 0 Å². The van der Waals surface area contributed by atoms with Crippen molar-refractivity contribution in [2.24, 2.45) is 5.41 Å². The van der Waals surface area contributed by atoms with Crippen LogP contribution in [0.5, 0.6) is 5.75 Å². The Bertz CT molecular complexity index is 881. The summed E-state index contributed by atoms with van der Waals surface area (Å²) < 4.78 is 10.6. The molecule has 1 atom stereocenters. The first kappa shape index (κ1) is 21.7. The summed E-state index contributed by atoms with van der Waals surface area (Å²) in [6.45, 7) is 5.13. The van der Waals surface area contributed by atoms with Gasteiger partial charge >= 0.3 is 12.0 Å². The first-order valence-electron chi connectivity index (χ1n) is 10.4. The van der Waals surface area contributed by atoms with E-state index in [1.165, 1.54) is 0 Å². The molecule has 3 rings (SSSR count). The van der Waals surface area contributed by atoms with Crippen LogP contribution in [0.2, 0.25) is 0 Å². The number of hydrogen-bond acceptors (Lipinski definition) is 4. The molecule has 0 saturated carbocycles. The lowest BCUT2D eigenvalue weighted by molar-refractivity contribution is -0.158. The van der Waals surface area contributed by atoms with Crippen molar-refractivity contribution in [2.75, 3.05) is 32.1 Å². The summed E-state index contributed by atoms with van der Waals surface area (Å²) in [4.78, 5) is 27.7. The summed E-state index contributed by atoms with van der Waals surface area (Å²) in [5.74, 6) is 0.501. The number of methoxy groups -OCH3 is 1. The first-order chi connectivity index (χ1) is 14.5. The van der Waals surface area contributed by atoms with Crippen LogP contribution < -0.4 is 10.1 Å². The maximum absolute atomic E-state index is 13.0. The Morgan fingerprint density at radius 1 is 1.13 bits per heavy atom. The fraction of sp³-hybridized carbons (Fsp3) is 0.417. The predicted molar refractivity (Wildman–Crippen MR) is 117 cm³/mol. The van der Waals surface area contributed by atoms with Crippen molar-refractivity contribution in [3.63, 3.8) is 0 Å². The Hall–Kier alpha value is -3.02. The van der Waals surface area contributed by atoms with Crippen LogP contribution in [0.3, 0.4) is 0 Å². The molecule has 1 aliphatic heterocycles. The number of carbonyl (C=O) groups excluding carboxylic acids is 2. The molecular weight excluding hydrogens is 380 g/mol. The highest BCUT2D eigenvalue weighted by atomic mass is 16.5. The van der Waals surface area contributed by atoms with E-state index in [1.807, 2.05) is 38.1 Å². The highest BCUT2D eigenvalue weighted by molar-refractivity contribution is 5.90. The SMILES string of the molecule is CCOC(=O)[C@@]1(Cc2ccccc2C)CCCN(C(=O)Nc2ccc(OC)cc2)C1. The van der Waals surface area contributed by atoms with Crippen LogP contribution in [0.4, 0.5) is 10.5 Å². The van der Waals surface area contributed by atoms with Gasteiger partial charge in [-0.3, -0.25) is 4.79 Å². The fourth-order valence-electron chi connectivity index (χ4n) is 4.02. The average Bonchev–Trinajstić information content (AvgIpc) is 2.76. The monoisotopic (exact) mass is 410 g/mol. The van der Waals surface area contributed by atoms with Crippen molar-refractivity contribution in [3.05, 3.63) is 59.7 Å². The van der Waals surface area contributed by atoms with Crippen molar-refractivity contribution < 1.29 is 19.1 Å². The minimum Gasteiger partial charge on any atom is -0.497 e. The molecular formula is C24H30N2O4. The number of rotatable bonds is 6. The number of nitrogens with zero attached hydrogens (tertiary/aromatic N) is 1. The number of piperidine rings is 1. The molecule has 2 amide bonds. The number of hydrogen-bond donors (Lipinski definition) is 1. The number of ether oxygens (including phenoxy) is 2. The number of esters is 1. The van der Waals surface area contributed by atoms with Gasteiger partial charge in [0.2, 0.25) is 0 Å². The van der Waals surface area contributed by atoms with E-state index in [0.29, 0.717) is 38.2 Å². The molecule has 160 valence electrons. The van der Waals surface area contributed by atoms with Crippen LogP contribution in [-0.4, -0.2) is 43.7 Å². The third-order valence-electron chi connectivity index (χ3n) is 5.70. The largest absolute Gasteiger partial charge is 0.497 e. The number of benzene rings is 2. The zero-order chi connectivity index (χ0) is 21.6. The second kappa shape index (κ2) is 9.65. The Morgan fingerprint density at radius 3 is 2.53 bits per heavy atom. The summed E-state index contributed by atoms with van der Waals surface area (Å²) in [5, 5.41) is 2.93. The Kier molecular flexibility index (Phi) is 6.98. The van der Waals surface area contributed by atoms with Gasteiger partial charge in [-0.1, -0.05) is 24.3 Å². The van der Waals surface area contributed by atoms with Crippen molar-refractivity contribution in [3.8, 4) is 5.75 Å². The smallest absolute Gasteiger partial charge is 0.321 e. The molecule has 0 bridgehead atoms. The highest BCUT2D eigenvalue weighted by Crippen LogP contribution is 2.36. The van der Waals surface area contributed by atoms with Crippen LogP contribution in [0.25, 0.3) is 0 Å². The van der Waals surface area contributed by atoms with Crippen LogP contribution in [-0.2, 0) is 16.0 Å². The van der Waals surface area contributed by atoms with Gasteiger partial charge < -0.3 is 19.7 Å². The maximum Gasteiger partial charge on any atom is 0.321 e. The lowest BCUT2D eigenvalue weighted by atomic mass is 9.74. The lowest BCUT2D eigenvalue weighted by Crippen LogP contribution is -2.52. The van der Waals surface area contributed by atoms with Gasteiger partial charge in [0.25, 0.3) is 0 Å². The molecule has 0 unspecified atom stereocenters. The molecule has 0 aliphatic carbocycles. The maximum atomic E-state index is 13.0. The van der Waals surface area contributed by atoms with Gasteiger partial charge in [0.15, 0.2) is 0 Å². The molecule has 1 fully saturated rings. The van der Waals surface area contributed by atoms with Crippen molar-refractivity contribution >= 4 is 17.7 Å². The molecule has 1 aliphatic rings. The van der Waals surface area contributed by atoms with Gasteiger partial charge in [0.05, 0.1) is 19.1 Å². The molecule has 2 aromatic rings. The Balaban J connectivity index is 1.79. The number of nitrogens with one attached hydrogen (secondary N) is 1. The van der Waals surface area contributed by atoms with Gasteiger partial charge in [-0.25, -0.2) is 4.79 Å². The Labute approximate surface area is 178 Å². The molecule has 1 saturated heterocycles. The van der Waals surface area contributed by atoms with E-state index < -0.39 is 5.41 Å². The molecule has 0 radical (unpaired) electrons. The van der Waals surface area contributed by atoms with E-state index in [4.69, 9.17) is 9.47 Å². The fourth-order valence-corrected chi connectivity index (χ4v) is 4.02. The number of aryl methyl sites for hydroxylation is 1. The van der Waals surface area contributed by atoms with Gasteiger partial charge in [0.1, 0.15) is 5.75 Å². The summed E-state index contributed by atoms with van der Waals surface area (Å²) >= 11 is 0. The van der Waals surface area contributed by atoms with E-state index in [-0.39, 0.29) is 12.0 Å². The zero-order valence-electron chi connectivity index (χ0n) is 17.9. The predicted octanol–water partition coefficient (Wildman–Crippen LogP) is 4.42.